The number of allylic oxidation sites excluding steroid dienone is 2. The number of benzene rings is 1. The number of nitrogens with two attached hydrogens (primary N) is 1. The Balaban J connectivity index is 3.25. The normalized spacial score (nSPS) is 10.6. The molecule has 1 aromatic carbocycles. The van der Waals surface area contributed by atoms with Gasteiger partial charge in [-0.05, 0) is 25.0 Å². The Morgan fingerprint density at radius 2 is 1.85 bits per heavy atom. The van der Waals surface area contributed by atoms with Gasteiger partial charge >= 0.3 is 0 Å². The van der Waals surface area contributed by atoms with Crippen molar-refractivity contribution < 1.29 is 0 Å². The van der Waals surface area contributed by atoms with Crippen LogP contribution >= 0.6 is 0 Å². The number of anilines is 1. The Morgan fingerprint density at radius 3 is 2.46 bits per heavy atom. The molecule has 0 radical (unpaired) electrons. The van der Waals surface area contributed by atoms with Crippen molar-refractivity contribution in [3.8, 4) is 0 Å². The number of hydrogen-bond acceptors (Lipinski definition) is 1. The van der Waals surface area contributed by atoms with Gasteiger partial charge in [0.1, 0.15) is 0 Å². The van der Waals surface area contributed by atoms with Crippen molar-refractivity contribution in [2.45, 2.75) is 13.8 Å². The summed E-state index contributed by atoms with van der Waals surface area (Å²) in [7, 11) is 0. The van der Waals surface area contributed by atoms with Crippen LogP contribution in [0.25, 0.3) is 6.08 Å². The highest BCUT2D eigenvalue weighted by Gasteiger charge is 2.01. The lowest BCUT2D eigenvalue weighted by molar-refractivity contribution is 1.38. The van der Waals surface area contributed by atoms with Crippen LogP contribution in [0.3, 0.4) is 0 Å². The van der Waals surface area contributed by atoms with Gasteiger partial charge < -0.3 is 5.73 Å². The van der Waals surface area contributed by atoms with E-state index in [2.05, 4.69) is 19.6 Å². The number of nitrogen functional groups attached to an aromatic ring is 1. The van der Waals surface area contributed by atoms with Gasteiger partial charge in [0, 0.05) is 11.3 Å². The van der Waals surface area contributed by atoms with Crippen molar-refractivity contribution in [1.82, 2.24) is 0 Å². The van der Waals surface area contributed by atoms with E-state index in [-0.39, 0.29) is 0 Å². The fraction of sp³-hybridized carbons (Fsp3) is 0.167. The second-order valence-corrected chi connectivity index (χ2v) is 3.12. The largest absolute Gasteiger partial charge is 0.398 e. The lowest BCUT2D eigenvalue weighted by Crippen LogP contribution is -1.95. The summed E-state index contributed by atoms with van der Waals surface area (Å²) in [6.07, 6.45) is 5.64. The van der Waals surface area contributed by atoms with E-state index < -0.39 is 0 Å². The van der Waals surface area contributed by atoms with E-state index in [0.717, 1.165) is 16.8 Å². The Hall–Kier alpha value is -1.50. The molecule has 13 heavy (non-hydrogen) atoms. The summed E-state index contributed by atoms with van der Waals surface area (Å²) in [6.45, 7) is 7.70. The quantitative estimate of drug-likeness (QED) is 0.539. The van der Waals surface area contributed by atoms with Crippen molar-refractivity contribution >= 4 is 11.8 Å². The predicted octanol–water partition coefficient (Wildman–Crippen LogP) is 3.08. The third-order valence-corrected chi connectivity index (χ3v) is 2.12. The summed E-state index contributed by atoms with van der Waals surface area (Å²) >= 11 is 0. The van der Waals surface area contributed by atoms with Gasteiger partial charge in [0.15, 0.2) is 0 Å². The second kappa shape index (κ2) is 3.94. The molecule has 0 aliphatic rings. The van der Waals surface area contributed by atoms with Crippen LogP contribution in [0.2, 0.25) is 0 Å². The summed E-state index contributed by atoms with van der Waals surface area (Å²) in [4.78, 5) is 0. The average molecular weight is 173 g/mol. The van der Waals surface area contributed by atoms with Gasteiger partial charge in [-0.1, -0.05) is 36.9 Å². The SMILES string of the molecule is C=C/C=C\c1c(C)ccc(C)c1N. The van der Waals surface area contributed by atoms with Gasteiger partial charge in [-0.2, -0.15) is 0 Å². The molecule has 0 fully saturated rings. The first-order valence-corrected chi connectivity index (χ1v) is 4.31. The minimum Gasteiger partial charge on any atom is -0.398 e. The molecule has 1 rings (SSSR count). The highest BCUT2D eigenvalue weighted by molar-refractivity contribution is 5.70. The van der Waals surface area contributed by atoms with Crippen LogP contribution in [-0.4, -0.2) is 0 Å². The molecule has 1 aromatic rings. The molecule has 0 bridgehead atoms. The van der Waals surface area contributed by atoms with Crippen molar-refractivity contribution in [2.24, 2.45) is 0 Å². The zero-order chi connectivity index (χ0) is 9.84. The minimum absolute atomic E-state index is 0.859. The number of hydrogen-bond donors (Lipinski definition) is 1. The van der Waals surface area contributed by atoms with Crippen LogP contribution < -0.4 is 5.73 Å². The van der Waals surface area contributed by atoms with E-state index in [1.165, 1.54) is 5.56 Å². The summed E-state index contributed by atoms with van der Waals surface area (Å²) in [6, 6.07) is 4.12. The maximum absolute atomic E-state index is 5.94. The van der Waals surface area contributed by atoms with Crippen LogP contribution in [0.1, 0.15) is 16.7 Å². The van der Waals surface area contributed by atoms with Gasteiger partial charge in [0.05, 0.1) is 0 Å². The zero-order valence-electron chi connectivity index (χ0n) is 8.17. The molecule has 0 aromatic heterocycles. The van der Waals surface area contributed by atoms with Crippen molar-refractivity contribution in [3.63, 3.8) is 0 Å². The van der Waals surface area contributed by atoms with Crippen LogP contribution in [-0.2, 0) is 0 Å². The summed E-state index contributed by atoms with van der Waals surface area (Å²) in [5.74, 6) is 0. The van der Waals surface area contributed by atoms with Gasteiger partial charge in [-0.25, -0.2) is 0 Å². The first-order chi connectivity index (χ1) is 6.16. The minimum atomic E-state index is 0.859. The van der Waals surface area contributed by atoms with Gasteiger partial charge in [0.25, 0.3) is 0 Å². The molecule has 1 nitrogen and oxygen atoms in total. The number of aryl methyl sites for hydroxylation is 2. The van der Waals surface area contributed by atoms with Gasteiger partial charge in [-0.3, -0.25) is 0 Å². The second-order valence-electron chi connectivity index (χ2n) is 3.12. The molecule has 1 heteroatoms. The van der Waals surface area contributed by atoms with E-state index >= 15 is 0 Å². The summed E-state index contributed by atoms with van der Waals surface area (Å²) < 4.78 is 0. The Morgan fingerprint density at radius 1 is 1.23 bits per heavy atom. The maximum atomic E-state index is 5.94. The van der Waals surface area contributed by atoms with E-state index in [0.29, 0.717) is 0 Å². The molecule has 0 spiro atoms. The smallest absolute Gasteiger partial charge is 0.0420 e. The average Bonchev–Trinajstić information content (AvgIpc) is 2.12. The molecular weight excluding hydrogens is 158 g/mol. The zero-order valence-corrected chi connectivity index (χ0v) is 8.17. The first kappa shape index (κ1) is 9.59. The Bertz CT molecular complexity index is 348. The molecule has 2 N–H and O–H groups in total. The molecule has 0 unspecified atom stereocenters. The first-order valence-electron chi connectivity index (χ1n) is 4.31. The molecule has 68 valence electrons. The van der Waals surface area contributed by atoms with Crippen molar-refractivity contribution in [1.29, 1.82) is 0 Å². The fourth-order valence-electron chi connectivity index (χ4n) is 1.24. The highest BCUT2D eigenvalue weighted by Crippen LogP contribution is 2.22. The lowest BCUT2D eigenvalue weighted by Gasteiger charge is -2.07. The molecule has 0 aliphatic carbocycles. The summed E-state index contributed by atoms with van der Waals surface area (Å²) in [5.41, 5.74) is 10.2. The third kappa shape index (κ3) is 2.00. The fourth-order valence-corrected chi connectivity index (χ4v) is 1.24. The topological polar surface area (TPSA) is 26.0 Å². The monoisotopic (exact) mass is 173 g/mol. The van der Waals surface area contributed by atoms with Crippen LogP contribution in [0.5, 0.6) is 0 Å². The molecule has 0 saturated carbocycles. The van der Waals surface area contributed by atoms with Crippen molar-refractivity contribution in [3.05, 3.63) is 47.6 Å². The van der Waals surface area contributed by atoms with E-state index in [9.17, 15) is 0 Å². The molecule has 0 saturated heterocycles. The standard InChI is InChI=1S/C12H15N/c1-4-5-6-11-9(2)7-8-10(3)12(11)13/h4-8H,1,13H2,2-3H3/b6-5-. The molecular formula is C12H15N. The van der Waals surface area contributed by atoms with Gasteiger partial charge in [0.2, 0.25) is 0 Å². The van der Waals surface area contributed by atoms with Crippen LogP contribution in [0.4, 0.5) is 5.69 Å². The predicted molar refractivity (Wildman–Crippen MR) is 59.6 cm³/mol. The third-order valence-electron chi connectivity index (χ3n) is 2.12. The number of rotatable bonds is 2. The lowest BCUT2D eigenvalue weighted by atomic mass is 10.0. The summed E-state index contributed by atoms with van der Waals surface area (Å²) in [5, 5.41) is 0. The Kier molecular flexibility index (Phi) is 2.91. The maximum Gasteiger partial charge on any atom is 0.0420 e. The van der Waals surface area contributed by atoms with Crippen LogP contribution in [0, 0.1) is 13.8 Å². The molecule has 0 aliphatic heterocycles. The van der Waals surface area contributed by atoms with Gasteiger partial charge in [-0.15, -0.1) is 0 Å². The van der Waals surface area contributed by atoms with Crippen molar-refractivity contribution in [2.75, 3.05) is 5.73 Å². The highest BCUT2D eigenvalue weighted by atomic mass is 14.6. The Labute approximate surface area is 79.6 Å². The molecule has 0 atom stereocenters. The van der Waals surface area contributed by atoms with E-state index in [1.54, 1.807) is 6.08 Å². The molecule has 0 amide bonds. The van der Waals surface area contributed by atoms with E-state index in [4.69, 9.17) is 5.73 Å². The van der Waals surface area contributed by atoms with E-state index in [1.807, 2.05) is 25.1 Å². The van der Waals surface area contributed by atoms with Crippen LogP contribution in [0.15, 0.2) is 30.9 Å². The molecule has 0 heterocycles.